The summed E-state index contributed by atoms with van der Waals surface area (Å²) in [5, 5.41) is 22.8. The average Bonchev–Trinajstić information content (AvgIpc) is 2.46. The quantitative estimate of drug-likeness (QED) is 0.687. The third kappa shape index (κ3) is 3.27. The van der Waals surface area contributed by atoms with Crippen LogP contribution >= 0.6 is 11.6 Å². The summed E-state index contributed by atoms with van der Waals surface area (Å²) in [5.41, 5.74) is 0.571. The molecule has 0 aromatic heterocycles. The number of hydrogen-bond donors (Lipinski definition) is 1. The predicted octanol–water partition coefficient (Wildman–Crippen LogP) is 3.87. The molecule has 0 atom stereocenters. The molecule has 21 heavy (non-hydrogen) atoms. The van der Waals surface area contributed by atoms with Gasteiger partial charge in [0.25, 0.3) is 5.69 Å². The molecule has 7 heteroatoms. The number of nitro benzene ring substituents is 1. The first-order valence-electron chi connectivity index (χ1n) is 5.88. The fourth-order valence-electron chi connectivity index (χ4n) is 1.78. The van der Waals surface area contributed by atoms with Gasteiger partial charge in [0, 0.05) is 29.3 Å². The highest BCUT2D eigenvalue weighted by Gasteiger charge is 2.12. The Kier molecular flexibility index (Phi) is 4.36. The molecule has 0 saturated heterocycles. The lowest BCUT2D eigenvalue weighted by Crippen LogP contribution is -2.04. The molecule has 0 aliphatic rings. The van der Waals surface area contributed by atoms with E-state index < -0.39 is 10.7 Å². The number of non-ortho nitro benzene ring substituents is 1. The Hall–Kier alpha value is -2.65. The van der Waals surface area contributed by atoms with Crippen LogP contribution in [-0.4, -0.2) is 4.92 Å². The first-order valence-corrected chi connectivity index (χ1v) is 6.26. The van der Waals surface area contributed by atoms with Gasteiger partial charge in [-0.25, -0.2) is 4.39 Å². The van der Waals surface area contributed by atoms with Gasteiger partial charge in [-0.15, -0.1) is 0 Å². The van der Waals surface area contributed by atoms with Crippen LogP contribution in [0.4, 0.5) is 15.8 Å². The third-order valence-corrected chi connectivity index (χ3v) is 3.21. The van der Waals surface area contributed by atoms with E-state index in [1.807, 2.05) is 6.07 Å². The normalized spacial score (nSPS) is 9.95. The van der Waals surface area contributed by atoms with Crippen molar-refractivity contribution in [1.29, 1.82) is 5.26 Å². The molecule has 2 aromatic rings. The van der Waals surface area contributed by atoms with Gasteiger partial charge < -0.3 is 5.32 Å². The van der Waals surface area contributed by atoms with Crippen molar-refractivity contribution in [3.63, 3.8) is 0 Å². The number of nitrogens with one attached hydrogen (secondary N) is 1. The van der Waals surface area contributed by atoms with Crippen LogP contribution in [0, 0.1) is 27.3 Å². The van der Waals surface area contributed by atoms with Gasteiger partial charge in [0.1, 0.15) is 11.9 Å². The third-order valence-electron chi connectivity index (χ3n) is 2.85. The van der Waals surface area contributed by atoms with Crippen LogP contribution in [0.1, 0.15) is 11.1 Å². The summed E-state index contributed by atoms with van der Waals surface area (Å²) < 4.78 is 13.6. The maximum Gasteiger partial charge on any atom is 0.270 e. The van der Waals surface area contributed by atoms with Crippen LogP contribution in [0.3, 0.4) is 0 Å². The minimum Gasteiger partial charge on any atom is -0.380 e. The summed E-state index contributed by atoms with van der Waals surface area (Å²) in [5.74, 6) is -0.463. The molecular weight excluding hydrogens is 297 g/mol. The van der Waals surface area contributed by atoms with Crippen molar-refractivity contribution in [2.75, 3.05) is 5.32 Å². The van der Waals surface area contributed by atoms with E-state index in [2.05, 4.69) is 5.32 Å². The summed E-state index contributed by atoms with van der Waals surface area (Å²) in [6.45, 7) is 0.0675. The Morgan fingerprint density at radius 2 is 2.14 bits per heavy atom. The Balaban J connectivity index is 2.25. The van der Waals surface area contributed by atoms with Gasteiger partial charge in [0.2, 0.25) is 0 Å². The highest BCUT2D eigenvalue weighted by molar-refractivity contribution is 6.31. The minimum absolute atomic E-state index is 0.0675. The fourth-order valence-corrected chi connectivity index (χ4v) is 2.01. The second kappa shape index (κ2) is 6.20. The standard InChI is InChI=1S/C14H9ClFN3O2/c15-12-2-1-3-13(16)11(12)8-18-14-5-4-10(19(20)21)6-9(14)7-17/h1-6,18H,8H2. The zero-order valence-corrected chi connectivity index (χ0v) is 11.4. The lowest BCUT2D eigenvalue weighted by atomic mass is 10.1. The fraction of sp³-hybridized carbons (Fsp3) is 0.0714. The van der Waals surface area contributed by atoms with Gasteiger partial charge in [0.05, 0.1) is 16.2 Å². The zero-order valence-electron chi connectivity index (χ0n) is 10.6. The first kappa shape index (κ1) is 14.8. The summed E-state index contributed by atoms with van der Waals surface area (Å²) in [6.07, 6.45) is 0. The lowest BCUT2D eigenvalue weighted by Gasteiger charge is -2.10. The van der Waals surface area contributed by atoms with Crippen LogP contribution in [0.5, 0.6) is 0 Å². The summed E-state index contributed by atoms with van der Waals surface area (Å²) in [4.78, 5) is 10.1. The molecule has 0 amide bonds. The van der Waals surface area contributed by atoms with Crippen LogP contribution < -0.4 is 5.32 Å². The molecule has 2 rings (SSSR count). The molecule has 0 unspecified atom stereocenters. The highest BCUT2D eigenvalue weighted by Crippen LogP contribution is 2.24. The average molecular weight is 306 g/mol. The zero-order chi connectivity index (χ0) is 15.4. The van der Waals surface area contributed by atoms with Gasteiger partial charge >= 0.3 is 0 Å². The number of hydrogen-bond acceptors (Lipinski definition) is 4. The number of halogens is 2. The van der Waals surface area contributed by atoms with Crippen LogP contribution in [0.15, 0.2) is 36.4 Å². The second-order valence-electron chi connectivity index (χ2n) is 4.15. The summed E-state index contributed by atoms with van der Waals surface area (Å²) in [7, 11) is 0. The van der Waals surface area contributed by atoms with E-state index in [1.54, 1.807) is 6.07 Å². The maximum atomic E-state index is 13.6. The molecule has 0 heterocycles. The molecule has 0 radical (unpaired) electrons. The smallest absolute Gasteiger partial charge is 0.270 e. The number of rotatable bonds is 4. The molecule has 0 spiro atoms. The molecule has 0 bridgehead atoms. The van der Waals surface area contributed by atoms with E-state index in [9.17, 15) is 14.5 Å². The van der Waals surface area contributed by atoms with Crippen molar-refractivity contribution in [2.45, 2.75) is 6.54 Å². The van der Waals surface area contributed by atoms with Gasteiger partial charge in [-0.3, -0.25) is 10.1 Å². The molecule has 0 aliphatic heterocycles. The van der Waals surface area contributed by atoms with Crippen LogP contribution in [0.2, 0.25) is 5.02 Å². The predicted molar refractivity (Wildman–Crippen MR) is 76.5 cm³/mol. The van der Waals surface area contributed by atoms with Crippen molar-refractivity contribution in [3.8, 4) is 6.07 Å². The molecule has 5 nitrogen and oxygen atoms in total. The maximum absolute atomic E-state index is 13.6. The molecule has 106 valence electrons. The van der Waals surface area contributed by atoms with Crippen LogP contribution in [0.25, 0.3) is 0 Å². The molecule has 1 N–H and O–H groups in total. The molecule has 2 aromatic carbocycles. The number of anilines is 1. The number of nitrogens with zero attached hydrogens (tertiary/aromatic N) is 2. The van der Waals surface area contributed by atoms with E-state index in [0.29, 0.717) is 5.69 Å². The first-order chi connectivity index (χ1) is 10.0. The van der Waals surface area contributed by atoms with Gasteiger partial charge in [-0.05, 0) is 18.2 Å². The molecule has 0 aliphatic carbocycles. The van der Waals surface area contributed by atoms with Crippen molar-refractivity contribution >= 4 is 23.0 Å². The second-order valence-corrected chi connectivity index (χ2v) is 4.56. The van der Waals surface area contributed by atoms with Crippen molar-refractivity contribution in [2.24, 2.45) is 0 Å². The van der Waals surface area contributed by atoms with E-state index in [1.165, 1.54) is 24.3 Å². The Morgan fingerprint density at radius 1 is 1.38 bits per heavy atom. The number of nitriles is 1. The Labute approximate surface area is 124 Å². The topological polar surface area (TPSA) is 79.0 Å². The monoisotopic (exact) mass is 305 g/mol. The molecular formula is C14H9ClFN3O2. The summed E-state index contributed by atoms with van der Waals surface area (Å²) >= 11 is 5.90. The molecule has 0 saturated carbocycles. The van der Waals surface area contributed by atoms with Gasteiger partial charge in [0.15, 0.2) is 0 Å². The summed E-state index contributed by atoms with van der Waals surface area (Å²) in [6, 6.07) is 10.0. The SMILES string of the molecule is N#Cc1cc([N+](=O)[O-])ccc1NCc1c(F)cccc1Cl. The van der Waals surface area contributed by atoms with Crippen LogP contribution in [-0.2, 0) is 6.54 Å². The minimum atomic E-state index is -0.585. The van der Waals surface area contributed by atoms with Crippen molar-refractivity contribution in [3.05, 3.63) is 68.5 Å². The van der Waals surface area contributed by atoms with E-state index in [4.69, 9.17) is 16.9 Å². The number of nitro groups is 1. The van der Waals surface area contributed by atoms with E-state index in [0.717, 1.165) is 6.07 Å². The Bertz CT molecular complexity index is 723. The Morgan fingerprint density at radius 3 is 2.76 bits per heavy atom. The van der Waals surface area contributed by atoms with Crippen molar-refractivity contribution in [1.82, 2.24) is 0 Å². The van der Waals surface area contributed by atoms with Gasteiger partial charge in [-0.1, -0.05) is 17.7 Å². The van der Waals surface area contributed by atoms with E-state index in [-0.39, 0.29) is 28.4 Å². The molecule has 0 fully saturated rings. The largest absolute Gasteiger partial charge is 0.380 e. The lowest BCUT2D eigenvalue weighted by molar-refractivity contribution is -0.384. The van der Waals surface area contributed by atoms with Crippen molar-refractivity contribution < 1.29 is 9.31 Å². The highest BCUT2D eigenvalue weighted by atomic mass is 35.5. The van der Waals surface area contributed by atoms with E-state index >= 15 is 0 Å². The number of benzene rings is 2. The van der Waals surface area contributed by atoms with Gasteiger partial charge in [-0.2, -0.15) is 5.26 Å².